The third kappa shape index (κ3) is 3.58. The number of urea groups is 1. The van der Waals surface area contributed by atoms with E-state index in [4.69, 9.17) is 0 Å². The topological polar surface area (TPSA) is 58.2 Å². The second-order valence-corrected chi connectivity index (χ2v) is 4.46. The van der Waals surface area contributed by atoms with Crippen LogP contribution in [0.2, 0.25) is 0 Å². The van der Waals surface area contributed by atoms with Gasteiger partial charge in [-0.3, -0.25) is 4.79 Å². The number of hydrogen-bond acceptors (Lipinski definition) is 2. The van der Waals surface area contributed by atoms with Crippen LogP contribution in [0.15, 0.2) is 11.3 Å². The molecule has 1 unspecified atom stereocenters. The predicted molar refractivity (Wildman–Crippen MR) is 67.6 cm³/mol. The molecule has 2 N–H and O–H groups in total. The lowest BCUT2D eigenvalue weighted by Crippen LogP contribution is -2.49. The molecule has 4 heteroatoms. The first-order valence-electron chi connectivity index (χ1n) is 6.41. The Morgan fingerprint density at radius 1 is 1.29 bits per heavy atom. The molecule has 0 radical (unpaired) electrons. The van der Waals surface area contributed by atoms with Gasteiger partial charge in [0.25, 0.3) is 0 Å². The minimum Gasteiger partial charge on any atom is -0.331 e. The molecule has 17 heavy (non-hydrogen) atoms. The molecule has 0 spiro atoms. The molecule has 1 aliphatic heterocycles. The van der Waals surface area contributed by atoms with Gasteiger partial charge in [-0.15, -0.1) is 0 Å². The van der Waals surface area contributed by atoms with Crippen molar-refractivity contribution in [2.45, 2.75) is 58.9 Å². The predicted octanol–water partition coefficient (Wildman–Crippen LogP) is 2.50. The van der Waals surface area contributed by atoms with E-state index < -0.39 is 0 Å². The zero-order valence-corrected chi connectivity index (χ0v) is 10.9. The van der Waals surface area contributed by atoms with E-state index in [1.54, 1.807) is 6.92 Å². The highest BCUT2D eigenvalue weighted by Crippen LogP contribution is 2.19. The highest BCUT2D eigenvalue weighted by atomic mass is 16.2. The fourth-order valence-corrected chi connectivity index (χ4v) is 2.17. The third-order valence-corrected chi connectivity index (χ3v) is 3.08. The molecule has 0 aromatic rings. The van der Waals surface area contributed by atoms with E-state index in [9.17, 15) is 9.59 Å². The number of rotatable bonds is 6. The molecular weight excluding hydrogens is 216 g/mol. The number of carbonyl (C=O) groups is 2. The van der Waals surface area contributed by atoms with Crippen LogP contribution in [0.3, 0.4) is 0 Å². The van der Waals surface area contributed by atoms with Crippen molar-refractivity contribution in [1.82, 2.24) is 10.6 Å². The fourth-order valence-electron chi connectivity index (χ4n) is 2.17. The molecule has 96 valence electrons. The van der Waals surface area contributed by atoms with Crippen LogP contribution in [0.4, 0.5) is 4.79 Å². The Labute approximate surface area is 103 Å². The highest BCUT2D eigenvalue weighted by molar-refractivity contribution is 5.99. The van der Waals surface area contributed by atoms with Gasteiger partial charge in [-0.1, -0.05) is 33.1 Å². The van der Waals surface area contributed by atoms with Gasteiger partial charge in [0.1, 0.15) is 0 Å². The van der Waals surface area contributed by atoms with Gasteiger partial charge in [0, 0.05) is 17.7 Å². The van der Waals surface area contributed by atoms with Crippen LogP contribution in [-0.2, 0) is 4.79 Å². The lowest BCUT2D eigenvalue weighted by atomic mass is 9.93. The van der Waals surface area contributed by atoms with Gasteiger partial charge in [-0.2, -0.15) is 0 Å². The Hall–Kier alpha value is -1.32. The summed E-state index contributed by atoms with van der Waals surface area (Å²) in [5.74, 6) is 0.122. The van der Waals surface area contributed by atoms with E-state index >= 15 is 0 Å². The summed E-state index contributed by atoms with van der Waals surface area (Å²) in [7, 11) is 0. The van der Waals surface area contributed by atoms with Crippen molar-refractivity contribution in [3.05, 3.63) is 11.3 Å². The van der Waals surface area contributed by atoms with Crippen LogP contribution in [-0.4, -0.2) is 17.9 Å². The molecule has 0 saturated heterocycles. The van der Waals surface area contributed by atoms with Crippen LogP contribution < -0.4 is 10.6 Å². The quantitative estimate of drug-likeness (QED) is 0.698. The number of ketones is 1. The molecular formula is C13H22N2O2. The molecule has 0 aliphatic carbocycles. The van der Waals surface area contributed by atoms with Crippen LogP contribution in [0.1, 0.15) is 52.9 Å². The Balaban J connectivity index is 2.79. The van der Waals surface area contributed by atoms with Crippen molar-refractivity contribution in [3.8, 4) is 0 Å². The molecule has 4 nitrogen and oxygen atoms in total. The van der Waals surface area contributed by atoms with Gasteiger partial charge >= 0.3 is 6.03 Å². The van der Waals surface area contributed by atoms with Gasteiger partial charge < -0.3 is 10.6 Å². The van der Waals surface area contributed by atoms with E-state index in [0.717, 1.165) is 31.3 Å². The molecule has 1 rings (SSSR count). The normalized spacial score (nSPS) is 19.9. The van der Waals surface area contributed by atoms with Crippen molar-refractivity contribution in [3.63, 3.8) is 0 Å². The molecule has 0 fully saturated rings. The number of unbranched alkanes of at least 4 members (excludes halogenated alkanes) is 2. The summed E-state index contributed by atoms with van der Waals surface area (Å²) < 4.78 is 0. The minimum absolute atomic E-state index is 0.109. The maximum absolute atomic E-state index is 11.9. The van der Waals surface area contributed by atoms with Crippen molar-refractivity contribution in [2.75, 3.05) is 0 Å². The Bertz CT molecular complexity index is 334. The standard InChI is InChI=1S/C13H22N2O2/c1-4-6-7-8-10-12(11(16)5-2)9(3)14-13(17)15-10/h10H,4-8H2,1-3H3,(H2,14,15,17). The molecule has 0 bridgehead atoms. The molecule has 1 aliphatic rings. The first-order chi connectivity index (χ1) is 8.10. The van der Waals surface area contributed by atoms with Crippen LogP contribution >= 0.6 is 0 Å². The van der Waals surface area contributed by atoms with Crippen molar-refractivity contribution < 1.29 is 9.59 Å². The number of amides is 2. The molecule has 0 aromatic carbocycles. The maximum atomic E-state index is 11.9. The SMILES string of the molecule is CCCCCC1NC(=O)NC(C)=C1C(=O)CC. The third-order valence-electron chi connectivity index (χ3n) is 3.08. The van der Waals surface area contributed by atoms with Crippen molar-refractivity contribution in [1.29, 1.82) is 0 Å². The lowest BCUT2D eigenvalue weighted by molar-refractivity contribution is -0.115. The Morgan fingerprint density at radius 2 is 2.00 bits per heavy atom. The average molecular weight is 238 g/mol. The summed E-state index contributed by atoms with van der Waals surface area (Å²) in [6, 6.07) is -0.306. The Morgan fingerprint density at radius 3 is 2.59 bits per heavy atom. The molecule has 0 saturated carbocycles. The molecule has 0 aromatic heterocycles. The lowest BCUT2D eigenvalue weighted by Gasteiger charge is -2.28. The number of carbonyl (C=O) groups excluding carboxylic acids is 2. The van der Waals surface area contributed by atoms with Crippen LogP contribution in [0.25, 0.3) is 0 Å². The minimum atomic E-state index is -0.198. The van der Waals surface area contributed by atoms with Gasteiger partial charge in [0.15, 0.2) is 5.78 Å². The summed E-state index contributed by atoms with van der Waals surface area (Å²) in [5.41, 5.74) is 1.46. The van der Waals surface area contributed by atoms with Gasteiger partial charge in [0.05, 0.1) is 6.04 Å². The summed E-state index contributed by atoms with van der Waals surface area (Å²) in [6.07, 6.45) is 4.63. The summed E-state index contributed by atoms with van der Waals surface area (Å²) in [4.78, 5) is 23.3. The fraction of sp³-hybridized carbons (Fsp3) is 0.692. The van der Waals surface area contributed by atoms with Crippen molar-refractivity contribution in [2.24, 2.45) is 0 Å². The average Bonchev–Trinajstić information content (AvgIpc) is 2.28. The maximum Gasteiger partial charge on any atom is 0.319 e. The molecule has 2 amide bonds. The molecule has 1 atom stereocenters. The highest BCUT2D eigenvalue weighted by Gasteiger charge is 2.28. The van der Waals surface area contributed by atoms with Crippen LogP contribution in [0.5, 0.6) is 0 Å². The van der Waals surface area contributed by atoms with E-state index in [0.29, 0.717) is 12.1 Å². The monoisotopic (exact) mass is 238 g/mol. The van der Waals surface area contributed by atoms with E-state index in [1.807, 2.05) is 6.92 Å². The van der Waals surface area contributed by atoms with E-state index in [1.165, 1.54) is 0 Å². The number of Topliss-reactive ketones (excluding diaryl/α,β-unsaturated/α-hetero) is 1. The summed E-state index contributed by atoms with van der Waals surface area (Å²) in [6.45, 7) is 5.79. The zero-order chi connectivity index (χ0) is 12.8. The first-order valence-corrected chi connectivity index (χ1v) is 6.41. The number of nitrogens with one attached hydrogen (secondary N) is 2. The van der Waals surface area contributed by atoms with Gasteiger partial charge in [0.2, 0.25) is 0 Å². The first kappa shape index (κ1) is 13.7. The molecule has 1 heterocycles. The second kappa shape index (κ2) is 6.42. The van der Waals surface area contributed by atoms with Crippen LogP contribution in [0, 0.1) is 0 Å². The zero-order valence-electron chi connectivity index (χ0n) is 10.9. The Kier molecular flexibility index (Phi) is 5.19. The largest absolute Gasteiger partial charge is 0.331 e. The summed E-state index contributed by atoms with van der Waals surface area (Å²) >= 11 is 0. The van der Waals surface area contributed by atoms with Crippen molar-refractivity contribution >= 4 is 11.8 Å². The van der Waals surface area contributed by atoms with Gasteiger partial charge in [-0.05, 0) is 13.3 Å². The number of allylic oxidation sites excluding steroid dienone is 1. The van der Waals surface area contributed by atoms with E-state index in [2.05, 4.69) is 17.6 Å². The van der Waals surface area contributed by atoms with E-state index in [-0.39, 0.29) is 17.9 Å². The smallest absolute Gasteiger partial charge is 0.319 e. The number of hydrogen-bond donors (Lipinski definition) is 2. The summed E-state index contributed by atoms with van der Waals surface area (Å²) in [5, 5.41) is 5.52. The van der Waals surface area contributed by atoms with Gasteiger partial charge in [-0.25, -0.2) is 4.79 Å². The second-order valence-electron chi connectivity index (χ2n) is 4.46.